The maximum atomic E-state index is 12.1. The van der Waals surface area contributed by atoms with Crippen molar-refractivity contribution in [3.63, 3.8) is 0 Å². The van der Waals surface area contributed by atoms with E-state index in [-0.39, 0.29) is 18.5 Å². The topological polar surface area (TPSA) is 95.6 Å². The van der Waals surface area contributed by atoms with Gasteiger partial charge in [0.2, 0.25) is 17.7 Å². The summed E-state index contributed by atoms with van der Waals surface area (Å²) < 4.78 is 0. The Kier molecular flexibility index (Phi) is 4.63. The number of imide groups is 2. The number of hydrogen-bond acceptors (Lipinski definition) is 4. The Balaban J connectivity index is 2.82. The smallest absolute Gasteiger partial charge is 0.331 e. The molecular weight excluding hydrogens is 250 g/mol. The Hall–Kier alpha value is -1.92. The molecule has 2 N–H and O–H groups in total. The summed E-state index contributed by atoms with van der Waals surface area (Å²) in [5.41, 5.74) is 0. The SMILES string of the molecule is CC(C)NC(=O)CN1C(=O)NC(=O)C(C(C)C)C1=O. The fraction of sp³-hybridized carbons (Fsp3) is 0.667. The van der Waals surface area contributed by atoms with Crippen LogP contribution in [-0.4, -0.2) is 41.2 Å². The number of amides is 5. The molecule has 0 aliphatic carbocycles. The predicted octanol–water partition coefficient (Wildman–Crippen LogP) is -0.138. The maximum Gasteiger partial charge on any atom is 0.331 e. The lowest BCUT2D eigenvalue weighted by Crippen LogP contribution is -2.61. The largest absolute Gasteiger partial charge is 0.352 e. The van der Waals surface area contributed by atoms with Crippen molar-refractivity contribution in [3.8, 4) is 0 Å². The summed E-state index contributed by atoms with van der Waals surface area (Å²) in [5.74, 6) is -2.83. The first kappa shape index (κ1) is 15.1. The summed E-state index contributed by atoms with van der Waals surface area (Å²) in [4.78, 5) is 47.6. The van der Waals surface area contributed by atoms with Crippen molar-refractivity contribution in [1.29, 1.82) is 0 Å². The van der Waals surface area contributed by atoms with E-state index in [1.54, 1.807) is 27.7 Å². The number of nitrogens with zero attached hydrogens (tertiary/aromatic N) is 1. The molecule has 7 nitrogen and oxygen atoms in total. The number of barbiturate groups is 1. The minimum atomic E-state index is -0.926. The Bertz CT molecular complexity index is 417. The van der Waals surface area contributed by atoms with E-state index >= 15 is 0 Å². The van der Waals surface area contributed by atoms with Crippen molar-refractivity contribution in [1.82, 2.24) is 15.5 Å². The Morgan fingerprint density at radius 2 is 1.84 bits per heavy atom. The van der Waals surface area contributed by atoms with Gasteiger partial charge in [0.15, 0.2) is 0 Å². The van der Waals surface area contributed by atoms with E-state index in [9.17, 15) is 19.2 Å². The molecule has 5 amide bonds. The van der Waals surface area contributed by atoms with Gasteiger partial charge in [-0.2, -0.15) is 0 Å². The van der Waals surface area contributed by atoms with E-state index in [2.05, 4.69) is 10.6 Å². The molecule has 1 heterocycles. The third kappa shape index (κ3) is 3.52. The molecule has 1 atom stereocenters. The van der Waals surface area contributed by atoms with Gasteiger partial charge in [-0.1, -0.05) is 13.8 Å². The van der Waals surface area contributed by atoms with Crippen molar-refractivity contribution in [3.05, 3.63) is 0 Å². The van der Waals surface area contributed by atoms with Gasteiger partial charge >= 0.3 is 6.03 Å². The standard InChI is InChI=1S/C12H19N3O4/c1-6(2)9-10(17)14-12(19)15(11(9)18)5-8(16)13-7(3)4/h6-7,9H,5H2,1-4H3,(H,13,16)(H,14,17,19). The van der Waals surface area contributed by atoms with Gasteiger partial charge in [0.05, 0.1) is 0 Å². The fourth-order valence-electron chi connectivity index (χ4n) is 1.88. The van der Waals surface area contributed by atoms with E-state index in [0.717, 1.165) is 4.90 Å². The van der Waals surface area contributed by atoms with Gasteiger partial charge in [-0.15, -0.1) is 0 Å². The lowest BCUT2D eigenvalue weighted by atomic mass is 9.92. The van der Waals surface area contributed by atoms with Gasteiger partial charge in [-0.05, 0) is 19.8 Å². The number of carbonyl (C=O) groups excluding carboxylic acids is 4. The van der Waals surface area contributed by atoms with E-state index in [1.165, 1.54) is 0 Å². The first-order chi connectivity index (χ1) is 8.73. The zero-order valence-corrected chi connectivity index (χ0v) is 11.5. The molecule has 1 fully saturated rings. The highest BCUT2D eigenvalue weighted by Crippen LogP contribution is 2.18. The summed E-state index contributed by atoms with van der Waals surface area (Å²) in [5, 5.41) is 4.69. The van der Waals surface area contributed by atoms with Crippen molar-refractivity contribution in [2.24, 2.45) is 11.8 Å². The molecule has 1 saturated heterocycles. The zero-order valence-electron chi connectivity index (χ0n) is 11.5. The summed E-state index contributed by atoms with van der Waals surface area (Å²) in [6, 6.07) is -0.927. The molecule has 1 aliphatic rings. The molecule has 1 rings (SSSR count). The second kappa shape index (κ2) is 5.81. The highest BCUT2D eigenvalue weighted by molar-refractivity contribution is 6.17. The van der Waals surface area contributed by atoms with Gasteiger partial charge in [0.25, 0.3) is 0 Å². The van der Waals surface area contributed by atoms with Crippen molar-refractivity contribution in [2.75, 3.05) is 6.54 Å². The fourth-order valence-corrected chi connectivity index (χ4v) is 1.88. The van der Waals surface area contributed by atoms with Gasteiger partial charge < -0.3 is 5.32 Å². The highest BCUT2D eigenvalue weighted by Gasteiger charge is 2.42. The van der Waals surface area contributed by atoms with Gasteiger partial charge in [0, 0.05) is 6.04 Å². The van der Waals surface area contributed by atoms with Gasteiger partial charge in [-0.25, -0.2) is 4.79 Å². The van der Waals surface area contributed by atoms with Gasteiger partial charge in [0.1, 0.15) is 12.5 Å². The summed E-state index contributed by atoms with van der Waals surface area (Å²) in [6.45, 7) is 6.60. The third-order valence-corrected chi connectivity index (χ3v) is 2.71. The molecule has 0 saturated carbocycles. The molecule has 0 aromatic heterocycles. The average Bonchev–Trinajstić information content (AvgIpc) is 2.22. The van der Waals surface area contributed by atoms with Crippen molar-refractivity contribution in [2.45, 2.75) is 33.7 Å². The molecule has 0 spiro atoms. The van der Waals surface area contributed by atoms with E-state index in [1.807, 2.05) is 0 Å². The van der Waals surface area contributed by atoms with Crippen LogP contribution in [0.1, 0.15) is 27.7 Å². The molecule has 0 radical (unpaired) electrons. The van der Waals surface area contributed by atoms with Crippen LogP contribution in [0.5, 0.6) is 0 Å². The molecule has 7 heteroatoms. The molecule has 106 valence electrons. The number of carbonyl (C=O) groups is 4. The quantitative estimate of drug-likeness (QED) is 0.694. The van der Waals surface area contributed by atoms with Crippen LogP contribution < -0.4 is 10.6 Å². The molecule has 0 bridgehead atoms. The number of rotatable bonds is 4. The summed E-state index contributed by atoms with van der Waals surface area (Å²) in [7, 11) is 0. The minimum absolute atomic E-state index is 0.0852. The predicted molar refractivity (Wildman–Crippen MR) is 66.9 cm³/mol. The molecule has 1 aliphatic heterocycles. The van der Waals surface area contributed by atoms with Crippen LogP contribution in [-0.2, 0) is 14.4 Å². The van der Waals surface area contributed by atoms with E-state index in [0.29, 0.717) is 0 Å². The second-order valence-electron chi connectivity index (χ2n) is 5.16. The first-order valence-electron chi connectivity index (χ1n) is 6.19. The number of urea groups is 1. The molecule has 1 unspecified atom stereocenters. The number of hydrogen-bond donors (Lipinski definition) is 2. The van der Waals surface area contributed by atoms with Crippen LogP contribution in [0.25, 0.3) is 0 Å². The highest BCUT2D eigenvalue weighted by atomic mass is 16.2. The summed E-state index contributed by atoms with van der Waals surface area (Å²) >= 11 is 0. The van der Waals surface area contributed by atoms with Crippen molar-refractivity contribution < 1.29 is 19.2 Å². The monoisotopic (exact) mass is 269 g/mol. The van der Waals surface area contributed by atoms with Crippen LogP contribution in [0.2, 0.25) is 0 Å². The first-order valence-corrected chi connectivity index (χ1v) is 6.19. The van der Waals surface area contributed by atoms with Crippen molar-refractivity contribution >= 4 is 23.8 Å². The van der Waals surface area contributed by atoms with E-state index < -0.39 is 29.7 Å². The molecule has 0 aromatic rings. The number of nitrogens with one attached hydrogen (secondary N) is 2. The van der Waals surface area contributed by atoms with Crippen LogP contribution in [0, 0.1) is 11.8 Å². The van der Waals surface area contributed by atoms with Crippen LogP contribution in [0.4, 0.5) is 4.79 Å². The van der Waals surface area contributed by atoms with Crippen LogP contribution >= 0.6 is 0 Å². The lowest BCUT2D eigenvalue weighted by Gasteiger charge is -2.31. The minimum Gasteiger partial charge on any atom is -0.352 e. The molecule has 19 heavy (non-hydrogen) atoms. The Labute approximate surface area is 111 Å². The molecular formula is C12H19N3O4. The summed E-state index contributed by atoms with van der Waals surface area (Å²) in [6.07, 6.45) is 0. The molecule has 0 aromatic carbocycles. The second-order valence-corrected chi connectivity index (χ2v) is 5.16. The third-order valence-electron chi connectivity index (χ3n) is 2.71. The normalized spacial score (nSPS) is 20.0. The Morgan fingerprint density at radius 3 is 2.32 bits per heavy atom. The van der Waals surface area contributed by atoms with Crippen LogP contribution in [0.3, 0.4) is 0 Å². The van der Waals surface area contributed by atoms with Gasteiger partial charge in [-0.3, -0.25) is 24.6 Å². The zero-order chi connectivity index (χ0) is 14.7. The average molecular weight is 269 g/mol. The lowest BCUT2D eigenvalue weighted by molar-refractivity contribution is -0.146. The van der Waals surface area contributed by atoms with Crippen LogP contribution in [0.15, 0.2) is 0 Å². The Morgan fingerprint density at radius 1 is 1.26 bits per heavy atom. The van der Waals surface area contributed by atoms with E-state index in [4.69, 9.17) is 0 Å². The maximum absolute atomic E-state index is 12.1.